The van der Waals surface area contributed by atoms with Crippen molar-refractivity contribution in [3.8, 4) is 5.75 Å². The average molecular weight is 247 g/mol. The highest BCUT2D eigenvalue weighted by Crippen LogP contribution is 2.33. The molecule has 0 aliphatic carbocycles. The number of nitro groups is 1. The van der Waals surface area contributed by atoms with Crippen molar-refractivity contribution in [1.29, 1.82) is 0 Å². The third-order valence-electron chi connectivity index (χ3n) is 1.72. The Morgan fingerprint density at radius 1 is 1.50 bits per heavy atom. The summed E-state index contributed by atoms with van der Waals surface area (Å²) < 4.78 is 35.6. The van der Waals surface area contributed by atoms with Crippen LogP contribution in [0.25, 0.3) is 0 Å². The molecule has 0 unspecified atom stereocenters. The highest BCUT2D eigenvalue weighted by molar-refractivity contribution is 7.86. The first-order chi connectivity index (χ1) is 7.38. The van der Waals surface area contributed by atoms with Crippen LogP contribution in [0.3, 0.4) is 0 Å². The van der Waals surface area contributed by atoms with Gasteiger partial charge in [-0.15, -0.1) is 0 Å². The summed E-state index contributed by atoms with van der Waals surface area (Å²) in [5.74, 6) is -0.192. The van der Waals surface area contributed by atoms with Crippen LogP contribution in [0.4, 0.5) is 5.69 Å². The molecule has 88 valence electrons. The molecule has 0 saturated carbocycles. The van der Waals surface area contributed by atoms with Gasteiger partial charge in [0, 0.05) is 0 Å². The summed E-state index contributed by atoms with van der Waals surface area (Å²) in [4.78, 5) is 9.03. The zero-order valence-electron chi connectivity index (χ0n) is 8.28. The molecule has 1 aromatic carbocycles. The number of rotatable bonds is 4. The van der Waals surface area contributed by atoms with E-state index in [-0.39, 0.29) is 12.4 Å². The smallest absolute Gasteiger partial charge is 0.331 e. The van der Waals surface area contributed by atoms with Crippen molar-refractivity contribution in [3.05, 3.63) is 28.3 Å². The van der Waals surface area contributed by atoms with E-state index in [1.54, 1.807) is 6.92 Å². The standard InChI is InChI=1S/C8H9NO6S/c1-2-15-6-4-3-5-7(16(12,13)14)8(6)9(10)11/h3-5H,2H2,1H3,(H,12,13,14). The fraction of sp³-hybridized carbons (Fsp3) is 0.250. The molecule has 0 fully saturated rings. The van der Waals surface area contributed by atoms with Crippen molar-refractivity contribution in [1.82, 2.24) is 0 Å². The van der Waals surface area contributed by atoms with Crippen molar-refractivity contribution >= 4 is 15.8 Å². The third-order valence-corrected chi connectivity index (χ3v) is 2.61. The summed E-state index contributed by atoms with van der Waals surface area (Å²) in [6, 6.07) is 3.45. The van der Waals surface area contributed by atoms with Gasteiger partial charge in [-0.2, -0.15) is 8.42 Å². The van der Waals surface area contributed by atoms with Gasteiger partial charge in [-0.25, -0.2) is 0 Å². The summed E-state index contributed by atoms with van der Waals surface area (Å²) in [6.07, 6.45) is 0. The first-order valence-electron chi connectivity index (χ1n) is 4.25. The normalized spacial score (nSPS) is 11.1. The van der Waals surface area contributed by atoms with Gasteiger partial charge < -0.3 is 4.74 Å². The molecule has 1 rings (SSSR count). The van der Waals surface area contributed by atoms with Crippen LogP contribution >= 0.6 is 0 Å². The van der Waals surface area contributed by atoms with Gasteiger partial charge in [0.2, 0.25) is 0 Å². The first-order valence-corrected chi connectivity index (χ1v) is 5.69. The van der Waals surface area contributed by atoms with Crippen LogP contribution in [-0.4, -0.2) is 24.5 Å². The second-order valence-electron chi connectivity index (χ2n) is 2.77. The predicted octanol–water partition coefficient (Wildman–Crippen LogP) is 1.24. The number of benzene rings is 1. The largest absolute Gasteiger partial charge is 0.487 e. The number of nitrogens with zero attached hydrogens (tertiary/aromatic N) is 1. The number of ether oxygens (including phenoxy) is 1. The van der Waals surface area contributed by atoms with E-state index in [2.05, 4.69) is 0 Å². The maximum absolute atomic E-state index is 10.9. The molecule has 16 heavy (non-hydrogen) atoms. The molecule has 0 aliphatic rings. The quantitative estimate of drug-likeness (QED) is 0.487. The van der Waals surface area contributed by atoms with Crippen molar-refractivity contribution in [2.75, 3.05) is 6.61 Å². The van der Waals surface area contributed by atoms with E-state index in [0.717, 1.165) is 6.07 Å². The van der Waals surface area contributed by atoms with Crippen LogP contribution in [0.15, 0.2) is 23.1 Å². The minimum absolute atomic E-state index is 0.149. The fourth-order valence-electron chi connectivity index (χ4n) is 1.16. The Morgan fingerprint density at radius 2 is 2.12 bits per heavy atom. The summed E-state index contributed by atoms with van der Waals surface area (Å²) in [5.41, 5.74) is -0.758. The van der Waals surface area contributed by atoms with Gasteiger partial charge in [-0.1, -0.05) is 6.07 Å². The number of hydrogen-bond donors (Lipinski definition) is 1. The average Bonchev–Trinajstić information content (AvgIpc) is 2.16. The van der Waals surface area contributed by atoms with E-state index >= 15 is 0 Å². The Balaban J connectivity index is 3.51. The molecule has 0 heterocycles. The van der Waals surface area contributed by atoms with Crippen molar-refractivity contribution in [2.45, 2.75) is 11.8 Å². The molecule has 0 amide bonds. The van der Waals surface area contributed by atoms with Gasteiger partial charge in [0.25, 0.3) is 0 Å². The van der Waals surface area contributed by atoms with Crippen molar-refractivity contribution in [3.63, 3.8) is 0 Å². The number of hydrogen-bond acceptors (Lipinski definition) is 5. The van der Waals surface area contributed by atoms with Gasteiger partial charge in [0.15, 0.2) is 10.6 Å². The Kier molecular flexibility index (Phi) is 3.45. The summed E-state index contributed by atoms with van der Waals surface area (Å²) >= 11 is 0. The zero-order chi connectivity index (χ0) is 12.3. The lowest BCUT2D eigenvalue weighted by molar-refractivity contribution is -0.388. The Hall–Kier alpha value is -1.67. The second kappa shape index (κ2) is 4.45. The maximum Gasteiger partial charge on any atom is 0.331 e. The molecule has 0 spiro atoms. The molecule has 0 saturated heterocycles. The fourth-order valence-corrected chi connectivity index (χ4v) is 1.83. The van der Waals surface area contributed by atoms with Gasteiger partial charge in [0.1, 0.15) is 0 Å². The molecule has 0 radical (unpaired) electrons. The maximum atomic E-state index is 10.9. The zero-order valence-corrected chi connectivity index (χ0v) is 9.10. The van der Waals surface area contributed by atoms with Crippen LogP contribution in [-0.2, 0) is 10.1 Å². The lowest BCUT2D eigenvalue weighted by Gasteiger charge is -2.06. The molecule has 1 aromatic rings. The van der Waals surface area contributed by atoms with Gasteiger partial charge >= 0.3 is 15.8 Å². The molecular weight excluding hydrogens is 238 g/mol. The first kappa shape index (κ1) is 12.4. The van der Waals surface area contributed by atoms with Crippen molar-refractivity contribution < 1.29 is 22.6 Å². The highest BCUT2D eigenvalue weighted by Gasteiger charge is 2.28. The van der Waals surface area contributed by atoms with E-state index < -0.39 is 25.6 Å². The van der Waals surface area contributed by atoms with E-state index in [1.807, 2.05) is 0 Å². The van der Waals surface area contributed by atoms with E-state index in [0.29, 0.717) is 0 Å². The van der Waals surface area contributed by atoms with E-state index in [9.17, 15) is 18.5 Å². The summed E-state index contributed by atoms with van der Waals surface area (Å²) in [7, 11) is -4.64. The molecule has 0 aromatic heterocycles. The molecule has 7 nitrogen and oxygen atoms in total. The van der Waals surface area contributed by atoms with Crippen LogP contribution in [0.5, 0.6) is 5.75 Å². The highest BCUT2D eigenvalue weighted by atomic mass is 32.2. The molecule has 8 heteroatoms. The monoisotopic (exact) mass is 247 g/mol. The Bertz CT molecular complexity index is 509. The topological polar surface area (TPSA) is 107 Å². The van der Waals surface area contributed by atoms with Gasteiger partial charge in [-0.05, 0) is 19.1 Å². The SMILES string of the molecule is CCOc1cccc(S(=O)(=O)O)c1[N+](=O)[O-]. The predicted molar refractivity (Wildman–Crippen MR) is 54.1 cm³/mol. The Morgan fingerprint density at radius 3 is 2.56 bits per heavy atom. The lowest BCUT2D eigenvalue weighted by atomic mass is 10.3. The molecule has 0 bridgehead atoms. The summed E-state index contributed by atoms with van der Waals surface area (Å²) in [6.45, 7) is 1.75. The molecule has 1 N–H and O–H groups in total. The van der Waals surface area contributed by atoms with Gasteiger partial charge in [-0.3, -0.25) is 14.7 Å². The number of nitro benzene ring substituents is 1. The third kappa shape index (κ3) is 2.47. The minimum Gasteiger partial charge on any atom is -0.487 e. The van der Waals surface area contributed by atoms with Crippen LogP contribution in [0.1, 0.15) is 6.92 Å². The van der Waals surface area contributed by atoms with Crippen LogP contribution < -0.4 is 4.74 Å². The van der Waals surface area contributed by atoms with Gasteiger partial charge in [0.05, 0.1) is 11.5 Å². The molecular formula is C8H9NO6S. The molecule has 0 aliphatic heterocycles. The van der Waals surface area contributed by atoms with E-state index in [4.69, 9.17) is 9.29 Å². The van der Waals surface area contributed by atoms with Crippen LogP contribution in [0, 0.1) is 10.1 Å². The van der Waals surface area contributed by atoms with Crippen molar-refractivity contribution in [2.24, 2.45) is 0 Å². The number of para-hydroxylation sites is 1. The van der Waals surface area contributed by atoms with E-state index in [1.165, 1.54) is 12.1 Å². The van der Waals surface area contributed by atoms with Crippen LogP contribution in [0.2, 0.25) is 0 Å². The summed E-state index contributed by atoms with van der Waals surface area (Å²) in [5, 5.41) is 10.7. The molecule has 0 atom stereocenters. The second-order valence-corrected chi connectivity index (χ2v) is 4.16. The lowest BCUT2D eigenvalue weighted by Crippen LogP contribution is -2.05. The minimum atomic E-state index is -4.64. The Labute approximate surface area is 91.6 Å².